The van der Waals surface area contributed by atoms with E-state index in [1.54, 1.807) is 4.68 Å². The number of aromatic carboxylic acids is 1. The Morgan fingerprint density at radius 1 is 1.25 bits per heavy atom. The van der Waals surface area contributed by atoms with E-state index < -0.39 is 5.97 Å². The smallest absolute Gasteiger partial charge is 0.358 e. The van der Waals surface area contributed by atoms with Crippen molar-refractivity contribution in [1.82, 2.24) is 19.9 Å². The summed E-state index contributed by atoms with van der Waals surface area (Å²) in [6.07, 6.45) is 4.34. The van der Waals surface area contributed by atoms with Gasteiger partial charge in [-0.25, -0.2) is 9.48 Å². The van der Waals surface area contributed by atoms with E-state index in [1.807, 2.05) is 0 Å². The van der Waals surface area contributed by atoms with Crippen LogP contribution < -0.4 is 0 Å². The topological polar surface area (TPSA) is 71.2 Å². The first-order chi connectivity index (χ1) is 9.67. The van der Waals surface area contributed by atoms with Gasteiger partial charge in [0, 0.05) is 12.5 Å². The molecule has 0 bridgehead atoms. The molecule has 0 unspecified atom stereocenters. The molecule has 6 nitrogen and oxygen atoms in total. The summed E-state index contributed by atoms with van der Waals surface area (Å²) in [6.45, 7) is 8.10. The molecule has 1 fully saturated rings. The van der Waals surface area contributed by atoms with Gasteiger partial charge < -0.3 is 10.0 Å². The molecule has 1 saturated heterocycles. The molecule has 0 radical (unpaired) electrons. The summed E-state index contributed by atoms with van der Waals surface area (Å²) in [5.74, 6) is -0.756. The zero-order valence-electron chi connectivity index (χ0n) is 12.4. The number of carboxylic acid groups (broad SMARTS) is 1. The van der Waals surface area contributed by atoms with Gasteiger partial charge in [0.1, 0.15) is 0 Å². The second kappa shape index (κ2) is 6.83. The Hall–Kier alpha value is -1.43. The first-order valence-electron chi connectivity index (χ1n) is 7.56. The lowest BCUT2D eigenvalue weighted by Crippen LogP contribution is -2.25. The first kappa shape index (κ1) is 15.0. The van der Waals surface area contributed by atoms with Crippen molar-refractivity contribution in [3.05, 3.63) is 11.4 Å². The summed E-state index contributed by atoms with van der Waals surface area (Å²) in [7, 11) is 0. The van der Waals surface area contributed by atoms with E-state index in [0.29, 0.717) is 0 Å². The van der Waals surface area contributed by atoms with E-state index in [9.17, 15) is 9.90 Å². The van der Waals surface area contributed by atoms with Crippen LogP contribution >= 0.6 is 0 Å². The second-order valence-electron chi connectivity index (χ2n) is 5.41. The average molecular weight is 280 g/mol. The number of rotatable bonds is 7. The molecule has 2 rings (SSSR count). The lowest BCUT2D eigenvalue weighted by atomic mass is 9.97. The van der Waals surface area contributed by atoms with Gasteiger partial charge in [-0.15, -0.1) is 5.10 Å². The minimum Gasteiger partial charge on any atom is -0.476 e. The zero-order chi connectivity index (χ0) is 14.5. The summed E-state index contributed by atoms with van der Waals surface area (Å²) < 4.78 is 1.80. The quantitative estimate of drug-likeness (QED) is 0.827. The van der Waals surface area contributed by atoms with Crippen molar-refractivity contribution in [3.63, 3.8) is 0 Å². The fourth-order valence-corrected chi connectivity index (χ4v) is 2.96. The fourth-order valence-electron chi connectivity index (χ4n) is 2.96. The van der Waals surface area contributed by atoms with Gasteiger partial charge in [0.2, 0.25) is 0 Å². The normalized spacial score (nSPS) is 16.1. The molecule has 1 aromatic rings. The number of carbonyl (C=O) groups is 1. The molecule has 112 valence electrons. The molecule has 1 aliphatic heterocycles. The lowest BCUT2D eigenvalue weighted by molar-refractivity contribution is 0.0688. The van der Waals surface area contributed by atoms with Crippen LogP contribution in [0.5, 0.6) is 0 Å². The third-order valence-corrected chi connectivity index (χ3v) is 4.17. The predicted octanol–water partition coefficient (Wildman–Crippen LogP) is 1.98. The number of carboxylic acids is 1. The SMILES string of the molecule is CCC(CC)c1c(C(=O)O)nnn1CCN1CCCC1. The monoisotopic (exact) mass is 280 g/mol. The van der Waals surface area contributed by atoms with Gasteiger partial charge in [-0.3, -0.25) is 0 Å². The summed E-state index contributed by atoms with van der Waals surface area (Å²) in [5.41, 5.74) is 0.918. The van der Waals surface area contributed by atoms with Crippen LogP contribution in [0.15, 0.2) is 0 Å². The van der Waals surface area contributed by atoms with Crippen LogP contribution in [0, 0.1) is 0 Å². The van der Waals surface area contributed by atoms with Crippen molar-refractivity contribution in [3.8, 4) is 0 Å². The Balaban J connectivity index is 2.16. The third kappa shape index (κ3) is 3.17. The number of nitrogens with zero attached hydrogens (tertiary/aromatic N) is 4. The summed E-state index contributed by atoms with van der Waals surface area (Å²) >= 11 is 0. The molecule has 0 aliphatic carbocycles. The van der Waals surface area contributed by atoms with Crippen molar-refractivity contribution >= 4 is 5.97 Å². The molecule has 0 aromatic carbocycles. The average Bonchev–Trinajstić information content (AvgIpc) is 3.07. The molecule has 1 aliphatic rings. The maximum absolute atomic E-state index is 11.3. The molecule has 1 N–H and O–H groups in total. The number of hydrogen-bond donors (Lipinski definition) is 1. The van der Waals surface area contributed by atoms with Crippen LogP contribution in [0.3, 0.4) is 0 Å². The maximum atomic E-state index is 11.3. The highest BCUT2D eigenvalue weighted by molar-refractivity contribution is 5.86. The Labute approximate surface area is 119 Å². The van der Waals surface area contributed by atoms with E-state index in [1.165, 1.54) is 12.8 Å². The lowest BCUT2D eigenvalue weighted by Gasteiger charge is -2.18. The summed E-state index contributed by atoms with van der Waals surface area (Å²) in [5, 5.41) is 17.2. The van der Waals surface area contributed by atoms with Gasteiger partial charge in [-0.2, -0.15) is 0 Å². The molecule has 2 heterocycles. The Kier molecular flexibility index (Phi) is 5.11. The van der Waals surface area contributed by atoms with E-state index >= 15 is 0 Å². The minimum atomic E-state index is -0.973. The molecule has 0 saturated carbocycles. The molecule has 0 spiro atoms. The van der Waals surface area contributed by atoms with Gasteiger partial charge >= 0.3 is 5.97 Å². The molecule has 1 aromatic heterocycles. The van der Waals surface area contributed by atoms with Crippen LogP contribution in [0.1, 0.15) is 61.6 Å². The van der Waals surface area contributed by atoms with Crippen molar-refractivity contribution in [2.45, 2.75) is 52.0 Å². The number of likely N-dealkylation sites (tertiary alicyclic amines) is 1. The molecule has 0 amide bonds. The Bertz CT molecular complexity index is 448. The highest BCUT2D eigenvalue weighted by Gasteiger charge is 2.24. The van der Waals surface area contributed by atoms with E-state index in [-0.39, 0.29) is 11.6 Å². The summed E-state index contributed by atoms with van der Waals surface area (Å²) in [4.78, 5) is 13.7. The molecule has 0 atom stereocenters. The Morgan fingerprint density at radius 3 is 2.45 bits per heavy atom. The van der Waals surface area contributed by atoms with Gasteiger partial charge in [0.05, 0.1) is 12.2 Å². The van der Waals surface area contributed by atoms with Gasteiger partial charge in [0.25, 0.3) is 0 Å². The standard InChI is InChI=1S/C14H24N4O2/c1-3-11(4-2)13-12(14(19)20)15-16-18(13)10-9-17-7-5-6-8-17/h11H,3-10H2,1-2H3,(H,19,20). The minimum absolute atomic E-state index is 0.125. The van der Waals surface area contributed by atoms with E-state index in [4.69, 9.17) is 0 Å². The van der Waals surface area contributed by atoms with Crippen LogP contribution in [0.4, 0.5) is 0 Å². The molecular weight excluding hydrogens is 256 g/mol. The van der Waals surface area contributed by atoms with Crippen molar-refractivity contribution in [2.75, 3.05) is 19.6 Å². The highest BCUT2D eigenvalue weighted by Crippen LogP contribution is 2.25. The Morgan fingerprint density at radius 2 is 1.90 bits per heavy atom. The molecule has 6 heteroatoms. The van der Waals surface area contributed by atoms with Gasteiger partial charge in [-0.05, 0) is 38.8 Å². The molecule has 20 heavy (non-hydrogen) atoms. The first-order valence-corrected chi connectivity index (χ1v) is 7.56. The summed E-state index contributed by atoms with van der Waals surface area (Å²) in [6, 6.07) is 0. The van der Waals surface area contributed by atoms with Crippen molar-refractivity contribution in [2.24, 2.45) is 0 Å². The second-order valence-corrected chi connectivity index (χ2v) is 5.41. The van der Waals surface area contributed by atoms with Crippen LogP contribution in [0.25, 0.3) is 0 Å². The number of hydrogen-bond acceptors (Lipinski definition) is 4. The largest absolute Gasteiger partial charge is 0.476 e. The van der Waals surface area contributed by atoms with Crippen molar-refractivity contribution < 1.29 is 9.90 Å². The predicted molar refractivity (Wildman–Crippen MR) is 76.0 cm³/mol. The maximum Gasteiger partial charge on any atom is 0.358 e. The molecular formula is C14H24N4O2. The van der Waals surface area contributed by atoms with E-state index in [0.717, 1.165) is 44.7 Å². The van der Waals surface area contributed by atoms with Crippen LogP contribution in [-0.4, -0.2) is 50.6 Å². The fraction of sp³-hybridized carbons (Fsp3) is 0.786. The van der Waals surface area contributed by atoms with Crippen LogP contribution in [-0.2, 0) is 6.54 Å². The highest BCUT2D eigenvalue weighted by atomic mass is 16.4. The van der Waals surface area contributed by atoms with Crippen molar-refractivity contribution in [1.29, 1.82) is 0 Å². The van der Waals surface area contributed by atoms with Gasteiger partial charge in [-0.1, -0.05) is 19.1 Å². The van der Waals surface area contributed by atoms with Crippen LogP contribution in [0.2, 0.25) is 0 Å². The zero-order valence-corrected chi connectivity index (χ0v) is 12.4. The van der Waals surface area contributed by atoms with E-state index in [2.05, 4.69) is 29.1 Å². The number of aromatic nitrogens is 3. The van der Waals surface area contributed by atoms with Gasteiger partial charge in [0.15, 0.2) is 5.69 Å². The third-order valence-electron chi connectivity index (χ3n) is 4.17.